The van der Waals surface area contributed by atoms with E-state index in [1.807, 2.05) is 35.0 Å². The van der Waals surface area contributed by atoms with Crippen molar-refractivity contribution in [3.8, 4) is 11.1 Å². The van der Waals surface area contributed by atoms with E-state index < -0.39 is 24.0 Å². The molecule has 1 N–H and O–H groups in total. The largest absolute Gasteiger partial charge is 0.408 e. The number of nitrogens with zero attached hydrogens (tertiary/aromatic N) is 2. The maximum absolute atomic E-state index is 13.1. The molecule has 0 saturated heterocycles. The molecule has 1 amide bonds. The fraction of sp³-hybridized carbons (Fsp3) is 0.429. The third-order valence-corrected chi connectivity index (χ3v) is 7.27. The number of aliphatic imine (C=N–C) groups is 1. The topological polar surface area (TPSA) is 44.7 Å². The fourth-order valence-corrected chi connectivity index (χ4v) is 5.75. The molecule has 1 fully saturated rings. The number of thioether (sulfide) groups is 1. The molecule has 2 aromatic rings. The SMILES string of the molecule is O=C1C(SC2CCCCC2)N=C(c2cccc(-c3ccsc3)c2)NN1CC(F)(F)F. The molecular formula is C21H22F3N3OS2. The van der Waals surface area contributed by atoms with Gasteiger partial charge in [-0.2, -0.15) is 24.5 Å². The first-order valence-electron chi connectivity index (χ1n) is 9.90. The molecule has 0 spiro atoms. The Morgan fingerprint density at radius 2 is 1.90 bits per heavy atom. The average Bonchev–Trinajstić information content (AvgIpc) is 3.26. The fourth-order valence-electron chi connectivity index (χ4n) is 3.70. The van der Waals surface area contributed by atoms with Gasteiger partial charge in [-0.3, -0.25) is 10.2 Å². The van der Waals surface area contributed by atoms with Crippen LogP contribution >= 0.6 is 23.1 Å². The van der Waals surface area contributed by atoms with E-state index in [9.17, 15) is 18.0 Å². The van der Waals surface area contributed by atoms with Crippen molar-refractivity contribution >= 4 is 34.8 Å². The van der Waals surface area contributed by atoms with Crippen LogP contribution in [0.2, 0.25) is 0 Å². The molecule has 30 heavy (non-hydrogen) atoms. The first-order chi connectivity index (χ1) is 14.4. The Hall–Kier alpha value is -2.00. The molecule has 2 aliphatic rings. The summed E-state index contributed by atoms with van der Waals surface area (Å²) in [6.45, 7) is -1.35. The summed E-state index contributed by atoms with van der Waals surface area (Å²) < 4.78 is 39.3. The van der Waals surface area contributed by atoms with E-state index in [4.69, 9.17) is 0 Å². The van der Waals surface area contributed by atoms with Crippen molar-refractivity contribution in [1.82, 2.24) is 10.4 Å². The average molecular weight is 454 g/mol. The molecule has 1 aliphatic carbocycles. The number of hydrogen-bond acceptors (Lipinski definition) is 5. The first kappa shape index (κ1) is 21.2. The normalized spacial score (nSPS) is 20.8. The molecule has 1 atom stereocenters. The zero-order valence-electron chi connectivity index (χ0n) is 16.2. The number of hydrazine groups is 1. The lowest BCUT2D eigenvalue weighted by molar-refractivity contribution is -0.165. The van der Waals surface area contributed by atoms with Gasteiger partial charge in [-0.1, -0.05) is 37.5 Å². The highest BCUT2D eigenvalue weighted by Crippen LogP contribution is 2.34. The van der Waals surface area contributed by atoms with Crippen LogP contribution in [0.15, 0.2) is 46.1 Å². The molecule has 1 aliphatic heterocycles. The number of thiophene rings is 1. The molecule has 1 aromatic heterocycles. The number of benzene rings is 1. The molecule has 4 rings (SSSR count). The molecule has 1 aromatic carbocycles. The summed E-state index contributed by atoms with van der Waals surface area (Å²) in [5.74, 6) is -0.343. The van der Waals surface area contributed by atoms with Crippen LogP contribution in [0.5, 0.6) is 0 Å². The summed E-state index contributed by atoms with van der Waals surface area (Å²) in [4.78, 5) is 17.3. The number of amides is 1. The Balaban J connectivity index is 1.63. The summed E-state index contributed by atoms with van der Waals surface area (Å²) in [6, 6.07) is 9.46. The van der Waals surface area contributed by atoms with Crippen LogP contribution in [0.3, 0.4) is 0 Å². The molecule has 160 valence electrons. The van der Waals surface area contributed by atoms with Crippen molar-refractivity contribution in [2.75, 3.05) is 6.54 Å². The summed E-state index contributed by atoms with van der Waals surface area (Å²) >= 11 is 2.97. The lowest BCUT2D eigenvalue weighted by Crippen LogP contribution is -2.56. The van der Waals surface area contributed by atoms with Gasteiger partial charge in [0.1, 0.15) is 12.4 Å². The lowest BCUT2D eigenvalue weighted by atomic mass is 10.0. The van der Waals surface area contributed by atoms with Gasteiger partial charge in [-0.15, -0.1) is 11.8 Å². The van der Waals surface area contributed by atoms with Crippen LogP contribution < -0.4 is 5.43 Å². The van der Waals surface area contributed by atoms with Crippen molar-refractivity contribution in [2.45, 2.75) is 48.9 Å². The first-order valence-corrected chi connectivity index (χ1v) is 11.8. The second-order valence-corrected chi connectivity index (χ2v) is 9.64. The van der Waals surface area contributed by atoms with E-state index in [2.05, 4.69) is 10.4 Å². The minimum atomic E-state index is -4.50. The lowest BCUT2D eigenvalue weighted by Gasteiger charge is -2.34. The third kappa shape index (κ3) is 5.18. The number of rotatable bonds is 5. The van der Waals surface area contributed by atoms with Gasteiger partial charge in [0.2, 0.25) is 0 Å². The highest BCUT2D eigenvalue weighted by molar-refractivity contribution is 8.01. The van der Waals surface area contributed by atoms with E-state index in [0.717, 1.165) is 36.8 Å². The van der Waals surface area contributed by atoms with Gasteiger partial charge >= 0.3 is 6.18 Å². The summed E-state index contributed by atoms with van der Waals surface area (Å²) in [5, 5.41) is 4.03. The van der Waals surface area contributed by atoms with Gasteiger partial charge in [0.05, 0.1) is 0 Å². The highest BCUT2D eigenvalue weighted by atomic mass is 32.2. The van der Waals surface area contributed by atoms with Gasteiger partial charge < -0.3 is 0 Å². The molecule has 1 saturated carbocycles. The summed E-state index contributed by atoms with van der Waals surface area (Å²) in [7, 11) is 0. The van der Waals surface area contributed by atoms with E-state index in [0.29, 0.717) is 16.4 Å². The van der Waals surface area contributed by atoms with Crippen molar-refractivity contribution in [3.63, 3.8) is 0 Å². The van der Waals surface area contributed by atoms with Crippen molar-refractivity contribution in [2.24, 2.45) is 4.99 Å². The zero-order chi connectivity index (χ0) is 21.1. The van der Waals surface area contributed by atoms with Gasteiger partial charge in [0, 0.05) is 10.8 Å². The second-order valence-electron chi connectivity index (χ2n) is 7.47. The van der Waals surface area contributed by atoms with Gasteiger partial charge in [0.15, 0.2) is 5.37 Å². The zero-order valence-corrected chi connectivity index (χ0v) is 17.8. The Morgan fingerprint density at radius 1 is 1.13 bits per heavy atom. The van der Waals surface area contributed by atoms with E-state index >= 15 is 0 Å². The monoisotopic (exact) mass is 453 g/mol. The molecule has 0 radical (unpaired) electrons. The summed E-state index contributed by atoms with van der Waals surface area (Å²) in [5.41, 5.74) is 5.27. The van der Waals surface area contributed by atoms with E-state index in [1.54, 1.807) is 17.4 Å². The second kappa shape index (κ2) is 9.01. The van der Waals surface area contributed by atoms with E-state index in [1.165, 1.54) is 18.2 Å². The van der Waals surface area contributed by atoms with Gasteiger partial charge in [0.25, 0.3) is 5.91 Å². The van der Waals surface area contributed by atoms with Gasteiger partial charge in [-0.05, 0) is 46.9 Å². The van der Waals surface area contributed by atoms with Crippen molar-refractivity contribution in [1.29, 1.82) is 0 Å². The van der Waals surface area contributed by atoms with E-state index in [-0.39, 0.29) is 5.25 Å². The number of alkyl halides is 3. The minimum Gasteiger partial charge on any atom is -0.279 e. The molecule has 0 bridgehead atoms. The quantitative estimate of drug-likeness (QED) is 0.654. The van der Waals surface area contributed by atoms with Crippen LogP contribution in [0.1, 0.15) is 37.7 Å². The number of amidine groups is 1. The predicted molar refractivity (Wildman–Crippen MR) is 115 cm³/mol. The number of halogens is 3. The Bertz CT molecular complexity index is 908. The number of carbonyl (C=O) groups excluding carboxylic acids is 1. The number of carbonyl (C=O) groups is 1. The predicted octanol–water partition coefficient (Wildman–Crippen LogP) is 5.46. The molecule has 1 unspecified atom stereocenters. The Morgan fingerprint density at radius 3 is 2.60 bits per heavy atom. The smallest absolute Gasteiger partial charge is 0.279 e. The minimum absolute atomic E-state index is 0.251. The molecular weight excluding hydrogens is 431 g/mol. The standard InChI is InChI=1S/C21H22F3N3OS2/c22-21(23,24)13-27-20(28)19(30-17-7-2-1-3-8-17)25-18(26-27)15-6-4-5-14(11-15)16-9-10-29-12-16/h4-6,9-12,17,19H,1-3,7-8,13H2,(H,25,26). The maximum Gasteiger partial charge on any atom is 0.408 e. The third-order valence-electron chi connectivity index (χ3n) is 5.17. The number of nitrogens with one attached hydrogen (secondary N) is 1. The van der Waals surface area contributed by atoms with Crippen LogP contribution in [0.4, 0.5) is 13.2 Å². The van der Waals surface area contributed by atoms with Crippen LogP contribution in [0.25, 0.3) is 11.1 Å². The van der Waals surface area contributed by atoms with Crippen LogP contribution in [0, 0.1) is 0 Å². The van der Waals surface area contributed by atoms with Crippen molar-refractivity contribution < 1.29 is 18.0 Å². The summed E-state index contributed by atoms with van der Waals surface area (Å²) in [6.07, 6.45) is 0.787. The van der Waals surface area contributed by atoms with Gasteiger partial charge in [-0.25, -0.2) is 10.0 Å². The van der Waals surface area contributed by atoms with Crippen molar-refractivity contribution in [3.05, 3.63) is 46.7 Å². The molecule has 4 nitrogen and oxygen atoms in total. The Kier molecular flexibility index (Phi) is 6.38. The maximum atomic E-state index is 13.1. The highest BCUT2D eigenvalue weighted by Gasteiger charge is 2.39. The molecule has 2 heterocycles. The molecule has 9 heteroatoms. The Labute approximate surface area is 181 Å². The number of hydrogen-bond donors (Lipinski definition) is 1. The van der Waals surface area contributed by atoms with Crippen LogP contribution in [-0.2, 0) is 4.79 Å². The van der Waals surface area contributed by atoms with Crippen LogP contribution in [-0.4, -0.2) is 40.1 Å².